The van der Waals surface area contributed by atoms with Crippen LogP contribution in [0.3, 0.4) is 0 Å². The van der Waals surface area contributed by atoms with Gasteiger partial charge < -0.3 is 29.6 Å². The van der Waals surface area contributed by atoms with Gasteiger partial charge in [0.1, 0.15) is 11.7 Å². The number of ether oxygens (including phenoxy) is 2. The maximum atomic E-state index is 13.8. The molecule has 1 unspecified atom stereocenters. The smallest absolute Gasteiger partial charge is 0.438 e. The number of ketones is 1. The Hall–Kier alpha value is -2.16. The zero-order valence-electron chi connectivity index (χ0n) is 23.1. The van der Waals surface area contributed by atoms with E-state index in [1.807, 2.05) is 39.8 Å². The molecule has 4 N–H and O–H groups in total. The minimum Gasteiger partial charge on any atom is -0.438 e. The van der Waals surface area contributed by atoms with E-state index in [-0.39, 0.29) is 12.5 Å². The van der Waals surface area contributed by atoms with Gasteiger partial charge in [-0.25, -0.2) is 4.79 Å². The number of Topliss-reactive ketones (excluding diaryl/α,β-unsaturated/α-hetero) is 1. The molecule has 10 heteroatoms. The third-order valence-electron chi connectivity index (χ3n) is 9.19. The third kappa shape index (κ3) is 4.35. The first kappa shape index (κ1) is 29.4. The van der Waals surface area contributed by atoms with Gasteiger partial charge >= 0.3 is 6.09 Å². The van der Waals surface area contributed by atoms with Crippen molar-refractivity contribution in [3.8, 4) is 12.0 Å². The summed E-state index contributed by atoms with van der Waals surface area (Å²) in [6.07, 6.45) is -0.630. The highest BCUT2D eigenvalue weighted by Gasteiger charge is 2.81. The Balaban J connectivity index is 2.05. The van der Waals surface area contributed by atoms with Gasteiger partial charge in [-0.2, -0.15) is 0 Å². The molecule has 1 amide bonds. The normalized spacial score (nSPS) is 43.4. The summed E-state index contributed by atoms with van der Waals surface area (Å²) in [6.45, 7) is 14.1. The van der Waals surface area contributed by atoms with Crippen molar-refractivity contribution in [1.82, 2.24) is 10.4 Å². The SMILES string of the molecule is C=C[C@@]1(C)CC(=O)[C@]2(O)[C@@]3(C)[C@@H](O)CCC(C)(C)[C@@H]3[C@H](O)[C@H](OC(=O)NOC#CC(C)N(C)C)[C@@]2(C)O1. The largest absolute Gasteiger partial charge is 0.441 e. The van der Waals surface area contributed by atoms with Crippen molar-refractivity contribution < 1.29 is 39.2 Å². The Kier molecular flexibility index (Phi) is 7.58. The Morgan fingerprint density at radius 3 is 2.46 bits per heavy atom. The van der Waals surface area contributed by atoms with Crippen molar-refractivity contribution in [1.29, 1.82) is 0 Å². The number of nitrogens with one attached hydrogen (secondary N) is 1. The Morgan fingerprint density at radius 2 is 1.89 bits per heavy atom. The second-order valence-corrected chi connectivity index (χ2v) is 12.2. The second-order valence-electron chi connectivity index (χ2n) is 12.2. The van der Waals surface area contributed by atoms with Gasteiger partial charge in [0.05, 0.1) is 23.9 Å². The van der Waals surface area contributed by atoms with Crippen LogP contribution in [0.1, 0.15) is 60.8 Å². The summed E-state index contributed by atoms with van der Waals surface area (Å²) in [4.78, 5) is 33.4. The summed E-state index contributed by atoms with van der Waals surface area (Å²) in [7, 11) is 3.68. The molecule has 10 nitrogen and oxygen atoms in total. The van der Waals surface area contributed by atoms with Crippen molar-refractivity contribution >= 4 is 11.9 Å². The first-order valence-corrected chi connectivity index (χ1v) is 12.7. The van der Waals surface area contributed by atoms with Crippen molar-refractivity contribution in [2.45, 2.75) is 102 Å². The Bertz CT molecular complexity index is 1000. The number of amides is 1. The van der Waals surface area contributed by atoms with E-state index in [1.165, 1.54) is 13.0 Å². The predicted molar refractivity (Wildman–Crippen MR) is 135 cm³/mol. The molecular formula is C27H42N2O8. The van der Waals surface area contributed by atoms with Crippen molar-refractivity contribution in [2.24, 2.45) is 16.7 Å². The number of fused-ring (bicyclic) bond motifs is 3. The zero-order chi connectivity index (χ0) is 28.2. The van der Waals surface area contributed by atoms with E-state index in [0.29, 0.717) is 12.8 Å². The lowest BCUT2D eigenvalue weighted by atomic mass is 9.40. The van der Waals surface area contributed by atoms with E-state index in [4.69, 9.17) is 14.3 Å². The average molecular weight is 523 g/mol. The standard InChI is InChI=1S/C27H42N2O8/c1-10-24(5)15-18(31)27(34)25(6)17(30)11-13-23(3,4)20(25)19(32)21(26(27,7)37-24)36-22(33)28-35-14-12-16(2)29(8)9/h10,16-17,19-21,30,32,34H,1,11,13,15H2,2-9H3,(H,28,33)/t16?,17-,19-,20-,21-,24-,25-,26+,27-/m0/s1. The highest BCUT2D eigenvalue weighted by Crippen LogP contribution is 2.67. The molecule has 3 rings (SSSR count). The average Bonchev–Trinajstić information content (AvgIpc) is 2.79. The molecule has 37 heavy (non-hydrogen) atoms. The molecule has 208 valence electrons. The number of hydrogen-bond acceptors (Lipinski definition) is 9. The number of nitrogens with zero attached hydrogens (tertiary/aromatic N) is 1. The molecule has 0 aromatic heterocycles. The van der Waals surface area contributed by atoms with Crippen LogP contribution in [0.4, 0.5) is 4.79 Å². The summed E-state index contributed by atoms with van der Waals surface area (Å²) in [5.41, 5.74) is -5.49. The number of hydroxylamine groups is 1. The molecule has 3 fully saturated rings. The molecule has 2 saturated carbocycles. The summed E-state index contributed by atoms with van der Waals surface area (Å²) < 4.78 is 12.0. The lowest BCUT2D eigenvalue weighted by molar-refractivity contribution is -0.369. The lowest BCUT2D eigenvalue weighted by Crippen LogP contribution is -2.86. The van der Waals surface area contributed by atoms with E-state index in [2.05, 4.69) is 24.1 Å². The summed E-state index contributed by atoms with van der Waals surface area (Å²) in [6, 6.07) is -0.136. The van der Waals surface area contributed by atoms with Gasteiger partial charge in [0.25, 0.3) is 0 Å². The molecule has 0 aromatic carbocycles. The number of rotatable bonds is 4. The number of aliphatic hydroxyl groups excluding tert-OH is 2. The van der Waals surface area contributed by atoms with Gasteiger partial charge in [-0.05, 0) is 59.0 Å². The van der Waals surface area contributed by atoms with E-state index in [9.17, 15) is 24.9 Å². The van der Waals surface area contributed by atoms with Gasteiger partial charge in [0.2, 0.25) is 0 Å². The maximum Gasteiger partial charge on any atom is 0.441 e. The van der Waals surface area contributed by atoms with Crippen LogP contribution >= 0.6 is 0 Å². The first-order chi connectivity index (χ1) is 16.9. The maximum absolute atomic E-state index is 13.8. The molecule has 2 aliphatic carbocycles. The molecule has 0 aromatic rings. The van der Waals surface area contributed by atoms with Crippen LogP contribution in [0.2, 0.25) is 0 Å². The van der Waals surface area contributed by atoms with Gasteiger partial charge in [0, 0.05) is 17.8 Å². The molecule has 1 aliphatic heterocycles. The zero-order valence-corrected chi connectivity index (χ0v) is 23.1. The van der Waals surface area contributed by atoms with Crippen LogP contribution in [-0.2, 0) is 19.1 Å². The molecular weight excluding hydrogens is 480 g/mol. The monoisotopic (exact) mass is 522 g/mol. The molecule has 0 radical (unpaired) electrons. The van der Waals surface area contributed by atoms with Crippen LogP contribution in [-0.4, -0.2) is 87.3 Å². The molecule has 1 heterocycles. The van der Waals surface area contributed by atoms with E-state index in [0.717, 1.165) is 0 Å². The number of hydrogen-bond donors (Lipinski definition) is 4. The van der Waals surface area contributed by atoms with Crippen molar-refractivity contribution in [3.63, 3.8) is 0 Å². The van der Waals surface area contributed by atoms with Gasteiger partial charge in [-0.3, -0.25) is 9.69 Å². The minimum absolute atomic E-state index is 0.136. The van der Waals surface area contributed by atoms with Crippen LogP contribution in [0.25, 0.3) is 0 Å². The Morgan fingerprint density at radius 1 is 1.27 bits per heavy atom. The third-order valence-corrected chi connectivity index (χ3v) is 9.19. The highest BCUT2D eigenvalue weighted by molar-refractivity contribution is 5.92. The first-order valence-electron chi connectivity index (χ1n) is 12.7. The summed E-state index contributed by atoms with van der Waals surface area (Å²) >= 11 is 0. The van der Waals surface area contributed by atoms with Crippen LogP contribution < -0.4 is 5.48 Å². The fraction of sp³-hybridized carbons (Fsp3) is 0.778. The molecule has 9 atom stereocenters. The van der Waals surface area contributed by atoms with Gasteiger partial charge in [-0.15, -0.1) is 12.1 Å². The highest BCUT2D eigenvalue weighted by atomic mass is 16.7. The molecule has 0 bridgehead atoms. The molecule has 0 spiro atoms. The van der Waals surface area contributed by atoms with E-state index in [1.54, 1.807) is 13.8 Å². The van der Waals surface area contributed by atoms with E-state index >= 15 is 0 Å². The number of carbonyl (C=O) groups is 2. The van der Waals surface area contributed by atoms with Crippen molar-refractivity contribution in [2.75, 3.05) is 14.1 Å². The van der Waals surface area contributed by atoms with Crippen LogP contribution in [0, 0.1) is 28.8 Å². The quantitative estimate of drug-likeness (QED) is 0.246. The summed E-state index contributed by atoms with van der Waals surface area (Å²) in [5, 5.41) is 35.4. The topological polar surface area (TPSA) is 138 Å². The predicted octanol–water partition coefficient (Wildman–Crippen LogP) is 1.53. The van der Waals surface area contributed by atoms with Crippen molar-refractivity contribution in [3.05, 3.63) is 12.7 Å². The summed E-state index contributed by atoms with van der Waals surface area (Å²) in [5.74, 6) is 1.38. The molecule has 3 aliphatic rings. The fourth-order valence-corrected chi connectivity index (χ4v) is 6.93. The minimum atomic E-state index is -2.30. The van der Waals surface area contributed by atoms with Crippen LogP contribution in [0.15, 0.2) is 12.7 Å². The molecule has 1 saturated heterocycles. The lowest BCUT2D eigenvalue weighted by Gasteiger charge is -2.71. The van der Waals surface area contributed by atoms with Gasteiger partial charge in [-0.1, -0.05) is 26.8 Å². The second kappa shape index (κ2) is 9.54. The number of aliphatic hydroxyl groups is 3. The van der Waals surface area contributed by atoms with Gasteiger partial charge in [0.15, 0.2) is 17.5 Å². The van der Waals surface area contributed by atoms with Crippen LogP contribution in [0.5, 0.6) is 0 Å². The fourth-order valence-electron chi connectivity index (χ4n) is 6.93. The van der Waals surface area contributed by atoms with E-state index < -0.39 is 63.7 Å². The number of carbonyl (C=O) groups excluding carboxylic acids is 2. The Labute approximate surface area is 219 Å².